The molecule has 3 aromatic rings. The van der Waals surface area contributed by atoms with Gasteiger partial charge in [-0.3, -0.25) is 10.2 Å². The van der Waals surface area contributed by atoms with E-state index in [9.17, 15) is 4.79 Å². The van der Waals surface area contributed by atoms with Gasteiger partial charge in [-0.25, -0.2) is 9.36 Å². The zero-order chi connectivity index (χ0) is 17.8. The van der Waals surface area contributed by atoms with E-state index in [1.165, 1.54) is 17.3 Å². The maximum atomic E-state index is 12.8. The van der Waals surface area contributed by atoms with Crippen LogP contribution in [0.25, 0.3) is 5.69 Å². The molecule has 26 heavy (non-hydrogen) atoms. The van der Waals surface area contributed by atoms with Crippen molar-refractivity contribution in [2.24, 2.45) is 0 Å². The van der Waals surface area contributed by atoms with Crippen molar-refractivity contribution < 1.29 is 4.79 Å². The fourth-order valence-electron chi connectivity index (χ4n) is 4.16. The van der Waals surface area contributed by atoms with Crippen molar-refractivity contribution in [3.8, 4) is 5.69 Å². The van der Waals surface area contributed by atoms with Gasteiger partial charge in [0, 0.05) is 16.5 Å². The van der Waals surface area contributed by atoms with Crippen molar-refractivity contribution >= 4 is 29.1 Å². The third-order valence-corrected chi connectivity index (χ3v) is 5.73. The maximum absolute atomic E-state index is 12.8. The van der Waals surface area contributed by atoms with Gasteiger partial charge in [0.25, 0.3) is 5.91 Å². The Morgan fingerprint density at radius 2 is 1.92 bits per heavy atom. The largest absolute Gasteiger partial charge is 0.290 e. The van der Waals surface area contributed by atoms with E-state index < -0.39 is 0 Å². The molecule has 7 nitrogen and oxygen atoms in total. The van der Waals surface area contributed by atoms with Crippen LogP contribution in [-0.2, 0) is 0 Å². The number of hydrogen-bond donors (Lipinski definition) is 1. The summed E-state index contributed by atoms with van der Waals surface area (Å²) in [6, 6.07) is 5.31. The summed E-state index contributed by atoms with van der Waals surface area (Å²) in [5, 5.41) is 13.1. The molecule has 1 saturated carbocycles. The van der Waals surface area contributed by atoms with E-state index in [1.54, 1.807) is 12.1 Å². The van der Waals surface area contributed by atoms with Crippen LogP contribution in [0.2, 0.25) is 10.0 Å². The zero-order valence-corrected chi connectivity index (χ0v) is 15.1. The highest BCUT2D eigenvalue weighted by Gasteiger charge is 2.44. The fraction of sp³-hybridized carbons (Fsp3) is 0.294. The lowest BCUT2D eigenvalue weighted by Crippen LogP contribution is -2.23. The number of rotatable bonds is 3. The molecule has 2 bridgehead atoms. The average Bonchev–Trinajstić information content (AvgIpc) is 3.37. The molecule has 1 aromatic carbocycles. The number of hydrogen-bond acceptors (Lipinski definition) is 4. The lowest BCUT2D eigenvalue weighted by atomic mass is 9.95. The molecule has 2 heterocycles. The molecule has 0 unspecified atom stereocenters. The number of nitrogens with one attached hydrogen (secondary N) is 1. The summed E-state index contributed by atoms with van der Waals surface area (Å²) in [7, 11) is 0. The Kier molecular flexibility index (Phi) is 3.55. The van der Waals surface area contributed by atoms with Crippen LogP contribution in [0.1, 0.15) is 52.8 Å². The number of fused-ring (bicyclic) bond motifs is 5. The van der Waals surface area contributed by atoms with Gasteiger partial charge < -0.3 is 0 Å². The molecule has 9 heteroatoms. The van der Waals surface area contributed by atoms with Gasteiger partial charge in [-0.1, -0.05) is 23.2 Å². The molecule has 2 aliphatic carbocycles. The molecule has 132 valence electrons. The molecule has 0 aliphatic heterocycles. The second-order valence-corrected chi connectivity index (χ2v) is 7.52. The van der Waals surface area contributed by atoms with Crippen molar-refractivity contribution in [1.82, 2.24) is 24.7 Å². The van der Waals surface area contributed by atoms with Gasteiger partial charge in [-0.2, -0.15) is 5.10 Å². The van der Waals surface area contributed by atoms with E-state index in [2.05, 4.69) is 20.7 Å². The number of aromatic nitrogens is 5. The van der Waals surface area contributed by atoms with Gasteiger partial charge >= 0.3 is 0 Å². The first kappa shape index (κ1) is 15.8. The minimum atomic E-state index is -0.280. The van der Waals surface area contributed by atoms with Gasteiger partial charge in [0.15, 0.2) is 5.69 Å². The minimum Gasteiger partial charge on any atom is -0.266 e. The summed E-state index contributed by atoms with van der Waals surface area (Å²) in [6.45, 7) is 0. The predicted molar refractivity (Wildman–Crippen MR) is 96.6 cm³/mol. The van der Waals surface area contributed by atoms with Crippen LogP contribution in [0.5, 0.6) is 0 Å². The second kappa shape index (κ2) is 5.82. The molecule has 2 aliphatic rings. The topological polar surface area (TPSA) is 77.6 Å². The lowest BCUT2D eigenvalue weighted by Gasteiger charge is -2.14. The van der Waals surface area contributed by atoms with Gasteiger partial charge in [-0.05, 0) is 43.4 Å². The van der Waals surface area contributed by atoms with Gasteiger partial charge in [0.05, 0.1) is 16.4 Å². The molecule has 1 N–H and O–H groups in total. The monoisotopic (exact) mass is 388 g/mol. The van der Waals surface area contributed by atoms with E-state index in [4.69, 9.17) is 23.2 Å². The van der Waals surface area contributed by atoms with Crippen molar-refractivity contribution in [2.45, 2.75) is 31.1 Å². The molecule has 0 saturated heterocycles. The highest BCUT2D eigenvalue weighted by molar-refractivity contribution is 6.35. The van der Waals surface area contributed by atoms with E-state index >= 15 is 0 Å². The molecule has 0 spiro atoms. The van der Waals surface area contributed by atoms with Crippen molar-refractivity contribution in [2.75, 3.05) is 5.43 Å². The molecule has 2 aromatic heterocycles. The summed E-state index contributed by atoms with van der Waals surface area (Å²) in [6.07, 6.45) is 6.12. The van der Waals surface area contributed by atoms with Crippen LogP contribution in [0, 0.1) is 0 Å². The van der Waals surface area contributed by atoms with Crippen LogP contribution in [0.3, 0.4) is 0 Å². The van der Waals surface area contributed by atoms with Gasteiger partial charge in [-0.15, -0.1) is 10.2 Å². The molecule has 5 rings (SSSR count). The minimum absolute atomic E-state index is 0.280. The Balaban J connectivity index is 1.63. The highest BCUT2D eigenvalue weighted by Crippen LogP contribution is 2.54. The van der Waals surface area contributed by atoms with Crippen LogP contribution >= 0.6 is 23.2 Å². The zero-order valence-electron chi connectivity index (χ0n) is 13.6. The molecule has 1 fully saturated rings. The SMILES string of the molecule is O=C(Nn1cnnc1)c1nn(-c2ccc(Cl)cc2Cl)c2c1[C@H]1CC[C@H]2C1. The predicted octanol–water partition coefficient (Wildman–Crippen LogP) is 3.52. The molecular formula is C17H14Cl2N6O. The van der Waals surface area contributed by atoms with Crippen LogP contribution in [0.15, 0.2) is 30.9 Å². The van der Waals surface area contributed by atoms with E-state index in [1.807, 2.05) is 10.7 Å². The van der Waals surface area contributed by atoms with Crippen molar-refractivity contribution in [1.29, 1.82) is 0 Å². The first-order chi connectivity index (χ1) is 12.6. The highest BCUT2D eigenvalue weighted by atomic mass is 35.5. The average molecular weight is 389 g/mol. The summed E-state index contributed by atoms with van der Waals surface area (Å²) < 4.78 is 3.23. The molecule has 0 radical (unpaired) electrons. The van der Waals surface area contributed by atoms with E-state index in [0.29, 0.717) is 27.6 Å². The number of benzene rings is 1. The van der Waals surface area contributed by atoms with E-state index in [0.717, 1.165) is 36.2 Å². The first-order valence-corrected chi connectivity index (χ1v) is 9.11. The van der Waals surface area contributed by atoms with Crippen LogP contribution in [-0.4, -0.2) is 30.6 Å². The third kappa shape index (κ3) is 2.34. The summed E-state index contributed by atoms with van der Waals surface area (Å²) in [5.74, 6) is 0.500. The van der Waals surface area contributed by atoms with Crippen LogP contribution < -0.4 is 5.43 Å². The first-order valence-electron chi connectivity index (χ1n) is 8.36. The third-order valence-electron chi connectivity index (χ3n) is 5.19. The quantitative estimate of drug-likeness (QED) is 0.744. The summed E-state index contributed by atoms with van der Waals surface area (Å²) in [5.41, 5.74) is 6.05. The van der Waals surface area contributed by atoms with Crippen molar-refractivity contribution in [3.63, 3.8) is 0 Å². The standard InChI is InChI=1S/C17H14Cl2N6O/c18-11-3-4-13(12(19)6-11)25-16-10-2-1-9(5-10)14(16)15(22-25)17(26)23-24-7-20-21-8-24/h3-4,6-10H,1-2,5H2,(H,23,26)/t9-,10-/m0/s1. The van der Waals surface area contributed by atoms with Crippen molar-refractivity contribution in [3.05, 3.63) is 57.9 Å². The maximum Gasteiger partial charge on any atom is 0.290 e. The Labute approximate surface area is 158 Å². The Morgan fingerprint density at radius 3 is 2.69 bits per heavy atom. The Morgan fingerprint density at radius 1 is 1.15 bits per heavy atom. The number of carbonyl (C=O) groups excluding carboxylic acids is 1. The Bertz CT molecular complexity index is 1010. The van der Waals surface area contributed by atoms with Gasteiger partial charge in [0.1, 0.15) is 12.7 Å². The summed E-state index contributed by atoms with van der Waals surface area (Å²) in [4.78, 5) is 12.8. The molecule has 2 atom stereocenters. The molecular weight excluding hydrogens is 375 g/mol. The summed E-state index contributed by atoms with van der Waals surface area (Å²) >= 11 is 12.4. The number of carbonyl (C=O) groups is 1. The number of amides is 1. The van der Waals surface area contributed by atoms with E-state index in [-0.39, 0.29) is 5.91 Å². The smallest absolute Gasteiger partial charge is 0.266 e. The number of nitrogens with zero attached hydrogens (tertiary/aromatic N) is 5. The fourth-order valence-corrected chi connectivity index (χ4v) is 4.65. The normalized spacial score (nSPS) is 20.4. The Hall–Kier alpha value is -2.38. The second-order valence-electron chi connectivity index (χ2n) is 6.67. The van der Waals surface area contributed by atoms with Gasteiger partial charge in [0.2, 0.25) is 0 Å². The van der Waals surface area contributed by atoms with Crippen LogP contribution in [0.4, 0.5) is 0 Å². The number of halogens is 2. The molecule has 1 amide bonds. The lowest BCUT2D eigenvalue weighted by molar-refractivity contribution is 0.100.